The molecule has 0 radical (unpaired) electrons. The molecule has 98 valence electrons. The molecule has 3 aromatic rings. The zero-order valence-corrected chi connectivity index (χ0v) is 11.0. The summed E-state index contributed by atoms with van der Waals surface area (Å²) in [5.74, 6) is -0.0112. The van der Waals surface area contributed by atoms with Crippen LogP contribution in [0.3, 0.4) is 0 Å². The maximum atomic E-state index is 10.4. The van der Waals surface area contributed by atoms with Gasteiger partial charge in [0.15, 0.2) is 0 Å². The number of fused-ring (bicyclic) bond motifs is 2. The number of H-pyrrole nitrogens is 1. The quantitative estimate of drug-likeness (QED) is 0.626. The van der Waals surface area contributed by atoms with E-state index < -0.39 is 0 Å². The van der Waals surface area contributed by atoms with Gasteiger partial charge in [-0.1, -0.05) is 13.8 Å². The Balaban J connectivity index is 2.52. The van der Waals surface area contributed by atoms with Crippen molar-refractivity contribution in [2.75, 3.05) is 0 Å². The standard InChI is InChI=1S/C14H15N3O2/c1-6(2)10-13(18)9-4-8-5-15-17-11(8)7(3)12(9)16-14(10)19/h4-6H,1-3H3,(H,15,17)(H2,16,18,19). The van der Waals surface area contributed by atoms with E-state index in [4.69, 9.17) is 0 Å². The average Bonchev–Trinajstić information content (AvgIpc) is 2.79. The Morgan fingerprint density at radius 3 is 2.68 bits per heavy atom. The fraction of sp³-hybridized carbons (Fsp3) is 0.286. The van der Waals surface area contributed by atoms with Gasteiger partial charge in [0.1, 0.15) is 5.75 Å². The second-order valence-electron chi connectivity index (χ2n) is 5.08. The number of hydrogen-bond acceptors (Lipinski definition) is 4. The van der Waals surface area contributed by atoms with E-state index in [1.54, 1.807) is 6.20 Å². The van der Waals surface area contributed by atoms with E-state index in [1.165, 1.54) is 0 Å². The first-order valence-electron chi connectivity index (χ1n) is 6.19. The fourth-order valence-corrected chi connectivity index (χ4v) is 2.52. The maximum Gasteiger partial charge on any atom is 0.218 e. The van der Waals surface area contributed by atoms with Crippen molar-refractivity contribution in [1.29, 1.82) is 0 Å². The highest BCUT2D eigenvalue weighted by Crippen LogP contribution is 2.40. The van der Waals surface area contributed by atoms with E-state index in [0.717, 1.165) is 16.5 Å². The lowest BCUT2D eigenvalue weighted by atomic mass is 9.98. The smallest absolute Gasteiger partial charge is 0.218 e. The van der Waals surface area contributed by atoms with Crippen molar-refractivity contribution in [3.63, 3.8) is 0 Å². The molecule has 3 rings (SSSR count). The van der Waals surface area contributed by atoms with Crippen LogP contribution >= 0.6 is 0 Å². The average molecular weight is 257 g/mol. The first-order chi connectivity index (χ1) is 9.00. The highest BCUT2D eigenvalue weighted by molar-refractivity contribution is 6.01. The Kier molecular flexibility index (Phi) is 2.38. The van der Waals surface area contributed by atoms with Crippen LogP contribution in [0.2, 0.25) is 0 Å². The summed E-state index contributed by atoms with van der Waals surface area (Å²) in [6.07, 6.45) is 1.71. The lowest BCUT2D eigenvalue weighted by Gasteiger charge is -2.13. The molecule has 0 aliphatic rings. The molecule has 2 heterocycles. The minimum absolute atomic E-state index is 0.00254. The monoisotopic (exact) mass is 257 g/mol. The molecule has 0 aliphatic heterocycles. The molecule has 1 aromatic carbocycles. The minimum Gasteiger partial charge on any atom is -0.507 e. The lowest BCUT2D eigenvalue weighted by Crippen LogP contribution is -1.95. The third kappa shape index (κ3) is 1.54. The van der Waals surface area contributed by atoms with Gasteiger partial charge in [-0.3, -0.25) is 5.10 Å². The van der Waals surface area contributed by atoms with E-state index in [0.29, 0.717) is 16.5 Å². The summed E-state index contributed by atoms with van der Waals surface area (Å²) in [5.41, 5.74) is 2.81. The van der Waals surface area contributed by atoms with Crippen LogP contribution in [0.15, 0.2) is 12.3 Å². The van der Waals surface area contributed by atoms with E-state index in [-0.39, 0.29) is 17.5 Å². The molecule has 0 saturated heterocycles. The van der Waals surface area contributed by atoms with Gasteiger partial charge in [-0.05, 0) is 18.9 Å². The number of rotatable bonds is 1. The van der Waals surface area contributed by atoms with Gasteiger partial charge >= 0.3 is 0 Å². The summed E-state index contributed by atoms with van der Waals surface area (Å²) in [5, 5.41) is 28.9. The number of nitrogens with one attached hydrogen (secondary N) is 1. The van der Waals surface area contributed by atoms with Crippen molar-refractivity contribution in [2.24, 2.45) is 0 Å². The van der Waals surface area contributed by atoms with Gasteiger partial charge in [0.05, 0.1) is 22.8 Å². The largest absolute Gasteiger partial charge is 0.507 e. The highest BCUT2D eigenvalue weighted by Gasteiger charge is 2.19. The molecule has 0 fully saturated rings. The molecule has 5 heteroatoms. The van der Waals surface area contributed by atoms with Crippen LogP contribution in [0, 0.1) is 6.92 Å². The summed E-state index contributed by atoms with van der Waals surface area (Å²) in [6.45, 7) is 5.71. The summed E-state index contributed by atoms with van der Waals surface area (Å²) >= 11 is 0. The third-order valence-electron chi connectivity index (χ3n) is 3.50. The van der Waals surface area contributed by atoms with Crippen molar-refractivity contribution in [3.8, 4) is 11.6 Å². The summed E-state index contributed by atoms with van der Waals surface area (Å²) < 4.78 is 0. The molecule has 0 aliphatic carbocycles. The molecule has 0 bridgehead atoms. The lowest BCUT2D eigenvalue weighted by molar-refractivity contribution is 0.423. The van der Waals surface area contributed by atoms with Gasteiger partial charge in [-0.15, -0.1) is 0 Å². The molecule has 19 heavy (non-hydrogen) atoms. The summed E-state index contributed by atoms with van der Waals surface area (Å²) in [6, 6.07) is 1.84. The number of aromatic amines is 1. The van der Waals surface area contributed by atoms with E-state index in [1.807, 2.05) is 26.8 Å². The Morgan fingerprint density at radius 2 is 2.00 bits per heavy atom. The number of hydrogen-bond donors (Lipinski definition) is 3. The molecule has 0 unspecified atom stereocenters. The number of nitrogens with zero attached hydrogens (tertiary/aromatic N) is 2. The summed E-state index contributed by atoms with van der Waals surface area (Å²) in [7, 11) is 0. The number of pyridine rings is 1. The maximum absolute atomic E-state index is 10.4. The first kappa shape index (κ1) is 11.8. The zero-order valence-electron chi connectivity index (χ0n) is 11.0. The van der Waals surface area contributed by atoms with Crippen LogP contribution in [-0.4, -0.2) is 25.4 Å². The van der Waals surface area contributed by atoms with Crippen molar-refractivity contribution < 1.29 is 10.2 Å². The van der Waals surface area contributed by atoms with Gasteiger partial charge in [0, 0.05) is 16.3 Å². The van der Waals surface area contributed by atoms with Gasteiger partial charge < -0.3 is 10.2 Å². The van der Waals surface area contributed by atoms with Crippen LogP contribution in [0.4, 0.5) is 0 Å². The predicted octanol–water partition coefficient (Wildman–Crippen LogP) is 2.95. The fourth-order valence-electron chi connectivity index (χ4n) is 2.52. The number of aromatic hydroxyl groups is 2. The van der Waals surface area contributed by atoms with Gasteiger partial charge in [-0.2, -0.15) is 5.10 Å². The topological polar surface area (TPSA) is 82.0 Å². The molecule has 0 spiro atoms. The Bertz CT molecular complexity index is 790. The van der Waals surface area contributed by atoms with Crippen molar-refractivity contribution >= 4 is 21.8 Å². The third-order valence-corrected chi connectivity index (χ3v) is 3.50. The SMILES string of the molecule is Cc1c2nc(O)c(C(C)C)c(O)c2cc2cn[nH]c12. The van der Waals surface area contributed by atoms with Crippen LogP contribution in [0.5, 0.6) is 11.6 Å². The second kappa shape index (κ2) is 3.85. The van der Waals surface area contributed by atoms with Gasteiger partial charge in [0.25, 0.3) is 0 Å². The van der Waals surface area contributed by atoms with Crippen LogP contribution in [0.25, 0.3) is 21.8 Å². The van der Waals surface area contributed by atoms with Crippen molar-refractivity contribution in [2.45, 2.75) is 26.7 Å². The molecule has 5 nitrogen and oxygen atoms in total. The highest BCUT2D eigenvalue weighted by atomic mass is 16.3. The van der Waals surface area contributed by atoms with E-state index in [9.17, 15) is 10.2 Å². The molecular weight excluding hydrogens is 242 g/mol. The number of aromatic nitrogens is 3. The number of aryl methyl sites for hydroxylation is 1. The van der Waals surface area contributed by atoms with Crippen molar-refractivity contribution in [3.05, 3.63) is 23.4 Å². The number of benzene rings is 1. The second-order valence-corrected chi connectivity index (χ2v) is 5.08. The van der Waals surface area contributed by atoms with Gasteiger partial charge in [-0.25, -0.2) is 4.98 Å². The van der Waals surface area contributed by atoms with Gasteiger partial charge in [0.2, 0.25) is 5.88 Å². The minimum atomic E-state index is -0.109. The Hall–Kier alpha value is -2.30. The van der Waals surface area contributed by atoms with Crippen molar-refractivity contribution in [1.82, 2.24) is 15.2 Å². The van der Waals surface area contributed by atoms with E-state index >= 15 is 0 Å². The van der Waals surface area contributed by atoms with E-state index in [2.05, 4.69) is 15.2 Å². The molecule has 2 aromatic heterocycles. The molecule has 3 N–H and O–H groups in total. The molecular formula is C14H15N3O2. The Labute approximate surface area is 109 Å². The van der Waals surface area contributed by atoms with Crippen LogP contribution in [0.1, 0.15) is 30.9 Å². The molecule has 0 saturated carbocycles. The van der Waals surface area contributed by atoms with Crippen LogP contribution < -0.4 is 0 Å². The molecule has 0 amide bonds. The normalized spacial score (nSPS) is 11.8. The Morgan fingerprint density at radius 1 is 1.26 bits per heavy atom. The summed E-state index contributed by atoms with van der Waals surface area (Å²) in [4.78, 5) is 4.23. The predicted molar refractivity (Wildman–Crippen MR) is 73.6 cm³/mol. The first-order valence-corrected chi connectivity index (χ1v) is 6.19. The van der Waals surface area contributed by atoms with Crippen LogP contribution in [-0.2, 0) is 0 Å². The molecule has 0 atom stereocenters. The zero-order chi connectivity index (χ0) is 13.7.